The van der Waals surface area contributed by atoms with Crippen molar-refractivity contribution in [2.24, 2.45) is 0 Å². The average molecular weight is 363 g/mol. The highest BCUT2D eigenvalue weighted by atomic mass is 35.5. The molecule has 1 aromatic heterocycles. The maximum absolute atomic E-state index is 12.7. The van der Waals surface area contributed by atoms with Crippen molar-refractivity contribution in [3.8, 4) is 0 Å². The predicted octanol–water partition coefficient (Wildman–Crippen LogP) is 2.61. The smallest absolute Gasteiger partial charge is 0.256 e. The lowest BCUT2D eigenvalue weighted by Gasteiger charge is -2.28. The number of quaternary nitrogens is 1. The van der Waals surface area contributed by atoms with Crippen LogP contribution in [0.25, 0.3) is 0 Å². The van der Waals surface area contributed by atoms with E-state index >= 15 is 0 Å². The highest BCUT2D eigenvalue weighted by molar-refractivity contribution is 7.16. The minimum Gasteiger partial charge on any atom is -0.353 e. The van der Waals surface area contributed by atoms with Gasteiger partial charge in [0, 0.05) is 11.4 Å². The quantitative estimate of drug-likeness (QED) is 0.769. The lowest BCUT2D eigenvalue weighted by atomic mass is 9.99. The van der Waals surface area contributed by atoms with Crippen LogP contribution in [0.1, 0.15) is 46.4 Å². The third kappa shape index (κ3) is 2.70. The summed E-state index contributed by atoms with van der Waals surface area (Å²) in [6.45, 7) is 6.63. The van der Waals surface area contributed by atoms with Crippen molar-refractivity contribution in [3.05, 3.63) is 50.9 Å². The van der Waals surface area contributed by atoms with Crippen molar-refractivity contribution in [2.75, 3.05) is 11.9 Å². The summed E-state index contributed by atoms with van der Waals surface area (Å²) in [5.41, 5.74) is 3.08. The van der Waals surface area contributed by atoms with Crippen LogP contribution in [-0.4, -0.2) is 18.5 Å². The maximum atomic E-state index is 12.7. The number of fused-ring (bicyclic) bond motifs is 3. The number of benzene rings is 1. The van der Waals surface area contributed by atoms with Crippen molar-refractivity contribution in [3.63, 3.8) is 0 Å². The first-order valence-electron chi connectivity index (χ1n) is 8.35. The molecule has 0 aliphatic carbocycles. The molecule has 2 atom stereocenters. The predicted molar refractivity (Wildman–Crippen MR) is 98.0 cm³/mol. The molecule has 0 radical (unpaired) electrons. The molecule has 3 N–H and O–H groups in total. The van der Waals surface area contributed by atoms with Gasteiger partial charge in [-0.25, -0.2) is 0 Å². The first kappa shape index (κ1) is 15.9. The Bertz CT molecular complexity index is 802. The molecule has 0 saturated carbocycles. The molecule has 2 aromatic rings. The average Bonchev–Trinajstić information content (AvgIpc) is 2.92. The van der Waals surface area contributed by atoms with Gasteiger partial charge in [-0.3, -0.25) is 4.79 Å². The standard InChI is InChI=1S/C18H20ClN3OS/c1-10(2)22-7-6-13-14(9-22)24-18-15(13)17(23)20-16(21-18)11-4-3-5-12(19)8-11/h3-5,8,10,16,21H,6-7,9H2,1-2H3,(H,20,23)/p+1/t16-/m0/s1. The van der Waals surface area contributed by atoms with Crippen molar-refractivity contribution in [2.45, 2.75) is 39.0 Å². The van der Waals surface area contributed by atoms with E-state index in [0.29, 0.717) is 11.1 Å². The van der Waals surface area contributed by atoms with Crippen LogP contribution in [-0.2, 0) is 13.0 Å². The van der Waals surface area contributed by atoms with Crippen molar-refractivity contribution < 1.29 is 9.69 Å². The van der Waals surface area contributed by atoms with Gasteiger partial charge in [0.05, 0.1) is 23.0 Å². The minimum atomic E-state index is -0.225. The van der Waals surface area contributed by atoms with Gasteiger partial charge in [0.1, 0.15) is 17.7 Å². The second-order valence-corrected chi connectivity index (χ2v) is 8.35. The maximum Gasteiger partial charge on any atom is 0.256 e. The van der Waals surface area contributed by atoms with Gasteiger partial charge in [0.15, 0.2) is 0 Å². The molecule has 6 heteroatoms. The van der Waals surface area contributed by atoms with Crippen molar-refractivity contribution >= 4 is 33.8 Å². The van der Waals surface area contributed by atoms with Crippen LogP contribution < -0.4 is 15.5 Å². The topological polar surface area (TPSA) is 45.6 Å². The zero-order valence-corrected chi connectivity index (χ0v) is 15.4. The first-order chi connectivity index (χ1) is 11.5. The van der Waals surface area contributed by atoms with E-state index in [4.69, 9.17) is 11.6 Å². The van der Waals surface area contributed by atoms with Crippen molar-refractivity contribution in [1.82, 2.24) is 5.32 Å². The van der Waals surface area contributed by atoms with E-state index in [9.17, 15) is 4.79 Å². The molecule has 2 aliphatic rings. The van der Waals surface area contributed by atoms with E-state index in [1.807, 2.05) is 24.3 Å². The number of nitrogens with one attached hydrogen (secondary N) is 3. The fourth-order valence-electron chi connectivity index (χ4n) is 3.56. The molecule has 0 fully saturated rings. The summed E-state index contributed by atoms with van der Waals surface area (Å²) in [4.78, 5) is 15.7. The van der Waals surface area contributed by atoms with Gasteiger partial charge in [0.2, 0.25) is 0 Å². The molecule has 1 aromatic carbocycles. The van der Waals surface area contributed by atoms with Crippen LogP contribution >= 0.6 is 22.9 Å². The lowest BCUT2D eigenvalue weighted by molar-refractivity contribution is -0.936. The van der Waals surface area contributed by atoms with Gasteiger partial charge < -0.3 is 15.5 Å². The molecule has 2 aliphatic heterocycles. The molecule has 0 saturated heterocycles. The summed E-state index contributed by atoms with van der Waals surface area (Å²) >= 11 is 7.83. The molecule has 4 rings (SSSR count). The van der Waals surface area contributed by atoms with Crippen LogP contribution in [0.2, 0.25) is 5.02 Å². The number of carbonyl (C=O) groups excluding carboxylic acids is 1. The largest absolute Gasteiger partial charge is 0.353 e. The number of rotatable bonds is 2. The Hall–Kier alpha value is -1.56. The number of hydrogen-bond acceptors (Lipinski definition) is 3. The molecule has 0 bridgehead atoms. The summed E-state index contributed by atoms with van der Waals surface area (Å²) in [7, 11) is 0. The zero-order chi connectivity index (χ0) is 16.8. The van der Waals surface area contributed by atoms with Gasteiger partial charge >= 0.3 is 0 Å². The van der Waals surface area contributed by atoms with E-state index in [1.165, 1.54) is 10.4 Å². The summed E-state index contributed by atoms with van der Waals surface area (Å²) < 4.78 is 0. The normalized spacial score (nSPS) is 22.6. The number of amides is 1. The number of hydrogen-bond donors (Lipinski definition) is 3. The Kier molecular flexibility index (Phi) is 4.03. The van der Waals surface area contributed by atoms with E-state index in [-0.39, 0.29) is 12.1 Å². The number of anilines is 1. The molecule has 24 heavy (non-hydrogen) atoms. The SMILES string of the molecule is CC(C)[NH+]1CCc2c(sc3c2C(=O)N[C@H](c2cccc(Cl)c2)N3)C1. The number of halogens is 1. The monoisotopic (exact) mass is 362 g/mol. The van der Waals surface area contributed by atoms with Gasteiger partial charge in [-0.05, 0) is 37.1 Å². The van der Waals surface area contributed by atoms with Crippen LogP contribution in [0.15, 0.2) is 24.3 Å². The van der Waals surface area contributed by atoms with Gasteiger partial charge in [0.25, 0.3) is 5.91 Å². The lowest BCUT2D eigenvalue weighted by Crippen LogP contribution is -3.14. The Balaban J connectivity index is 1.66. The highest BCUT2D eigenvalue weighted by Gasteiger charge is 2.35. The summed E-state index contributed by atoms with van der Waals surface area (Å²) in [6.07, 6.45) is 0.753. The molecule has 3 heterocycles. The van der Waals surface area contributed by atoms with Gasteiger partial charge in [-0.2, -0.15) is 0 Å². The molecular formula is C18H21ClN3OS+. The number of carbonyl (C=O) groups is 1. The van der Waals surface area contributed by atoms with Crippen LogP contribution in [0, 0.1) is 0 Å². The van der Waals surface area contributed by atoms with Crippen LogP contribution in [0.5, 0.6) is 0 Å². The van der Waals surface area contributed by atoms with Crippen molar-refractivity contribution in [1.29, 1.82) is 0 Å². The molecule has 4 nitrogen and oxygen atoms in total. The fourth-order valence-corrected chi connectivity index (χ4v) is 5.08. The second-order valence-electron chi connectivity index (χ2n) is 6.80. The Morgan fingerprint density at radius 3 is 2.92 bits per heavy atom. The summed E-state index contributed by atoms with van der Waals surface area (Å²) in [5, 5.41) is 8.24. The molecule has 126 valence electrons. The highest BCUT2D eigenvalue weighted by Crippen LogP contribution is 2.39. The number of thiophene rings is 1. The first-order valence-corrected chi connectivity index (χ1v) is 9.54. The Morgan fingerprint density at radius 1 is 1.33 bits per heavy atom. The Labute approximate surface area is 150 Å². The minimum absolute atomic E-state index is 0.0271. The zero-order valence-electron chi connectivity index (χ0n) is 13.8. The van der Waals surface area contributed by atoms with E-state index in [1.54, 1.807) is 16.2 Å². The Morgan fingerprint density at radius 2 is 2.17 bits per heavy atom. The summed E-state index contributed by atoms with van der Waals surface area (Å²) in [6, 6.07) is 8.23. The second kappa shape index (κ2) is 6.06. The van der Waals surface area contributed by atoms with Gasteiger partial charge in [-0.1, -0.05) is 23.7 Å². The van der Waals surface area contributed by atoms with E-state index in [2.05, 4.69) is 24.5 Å². The molecule has 1 unspecified atom stereocenters. The third-order valence-electron chi connectivity index (χ3n) is 4.95. The third-order valence-corrected chi connectivity index (χ3v) is 6.35. The van der Waals surface area contributed by atoms with Crippen LogP contribution in [0.4, 0.5) is 5.00 Å². The van der Waals surface area contributed by atoms with E-state index < -0.39 is 0 Å². The molecule has 0 spiro atoms. The molecule has 1 amide bonds. The van der Waals surface area contributed by atoms with Crippen LogP contribution in [0.3, 0.4) is 0 Å². The molecular weight excluding hydrogens is 342 g/mol. The summed E-state index contributed by atoms with van der Waals surface area (Å²) in [5.74, 6) is 0.0271. The fraction of sp³-hybridized carbons (Fsp3) is 0.389. The van der Waals surface area contributed by atoms with Gasteiger partial charge in [-0.15, -0.1) is 11.3 Å². The van der Waals surface area contributed by atoms with E-state index in [0.717, 1.165) is 35.6 Å².